The molecule has 22 heavy (non-hydrogen) atoms. The smallest absolute Gasteiger partial charge is 0.193 e. The predicted octanol–water partition coefficient (Wildman–Crippen LogP) is 2.97. The molecule has 4 nitrogen and oxygen atoms in total. The van der Waals surface area contributed by atoms with Gasteiger partial charge in [0.05, 0.1) is 0 Å². The van der Waals surface area contributed by atoms with Gasteiger partial charge in [0.1, 0.15) is 0 Å². The summed E-state index contributed by atoms with van der Waals surface area (Å²) in [6, 6.07) is 0. The number of piperidine rings is 1. The Labute approximate surface area is 137 Å². The molecule has 0 aromatic heterocycles. The van der Waals surface area contributed by atoms with Gasteiger partial charge in [-0.25, -0.2) is 0 Å². The first kappa shape index (κ1) is 19.0. The van der Waals surface area contributed by atoms with Crippen LogP contribution in [0.2, 0.25) is 0 Å². The minimum Gasteiger partial charge on any atom is -0.357 e. The number of nitrogens with one attached hydrogen (secondary N) is 1. The Bertz CT molecular complexity index is 319. The van der Waals surface area contributed by atoms with Crippen molar-refractivity contribution in [1.82, 2.24) is 15.1 Å². The fourth-order valence-electron chi connectivity index (χ4n) is 2.97. The molecule has 0 amide bonds. The van der Waals surface area contributed by atoms with Gasteiger partial charge in [0, 0.05) is 26.7 Å². The van der Waals surface area contributed by atoms with Gasteiger partial charge in [-0.3, -0.25) is 4.99 Å². The molecular weight excluding hydrogens is 272 g/mol. The minimum absolute atomic E-state index is 0.753. The minimum atomic E-state index is 0.753. The molecule has 1 N–H and O–H groups in total. The van der Waals surface area contributed by atoms with E-state index in [4.69, 9.17) is 4.99 Å². The summed E-state index contributed by atoms with van der Waals surface area (Å²) in [7, 11) is 2.13. The Hall–Kier alpha value is -1.03. The number of guanidine groups is 1. The van der Waals surface area contributed by atoms with Crippen LogP contribution in [-0.4, -0.2) is 62.1 Å². The second kappa shape index (κ2) is 11.5. The average molecular weight is 309 g/mol. The van der Waals surface area contributed by atoms with Crippen LogP contribution in [0.3, 0.4) is 0 Å². The Kier molecular flexibility index (Phi) is 9.96. The van der Waals surface area contributed by atoms with Gasteiger partial charge in [-0.15, -0.1) is 6.58 Å². The molecule has 0 bridgehead atoms. The first-order chi connectivity index (χ1) is 10.7. The maximum Gasteiger partial charge on any atom is 0.193 e. The third-order valence-electron chi connectivity index (χ3n) is 4.34. The van der Waals surface area contributed by atoms with Gasteiger partial charge in [0.2, 0.25) is 0 Å². The number of likely N-dealkylation sites (tertiary alicyclic amines) is 1. The van der Waals surface area contributed by atoms with Crippen LogP contribution < -0.4 is 5.32 Å². The third kappa shape index (κ3) is 7.30. The number of hydrogen-bond acceptors (Lipinski definition) is 2. The Morgan fingerprint density at radius 3 is 2.68 bits per heavy atom. The average Bonchev–Trinajstić information content (AvgIpc) is 2.53. The number of nitrogens with zero attached hydrogens (tertiary/aromatic N) is 3. The third-order valence-corrected chi connectivity index (χ3v) is 4.34. The van der Waals surface area contributed by atoms with Crippen LogP contribution in [0, 0.1) is 5.92 Å². The molecule has 0 saturated carbocycles. The van der Waals surface area contributed by atoms with Gasteiger partial charge in [0.25, 0.3) is 0 Å². The van der Waals surface area contributed by atoms with Crippen molar-refractivity contribution in [3.63, 3.8) is 0 Å². The van der Waals surface area contributed by atoms with Crippen LogP contribution in [0.25, 0.3) is 0 Å². The van der Waals surface area contributed by atoms with E-state index in [0.717, 1.165) is 44.4 Å². The largest absolute Gasteiger partial charge is 0.357 e. The first-order valence-electron chi connectivity index (χ1n) is 9.03. The highest BCUT2D eigenvalue weighted by atomic mass is 15.3. The number of rotatable bonds is 9. The van der Waals surface area contributed by atoms with Crippen molar-refractivity contribution in [3.8, 4) is 0 Å². The molecule has 1 aliphatic heterocycles. The first-order valence-corrected chi connectivity index (χ1v) is 9.03. The lowest BCUT2D eigenvalue weighted by Crippen LogP contribution is -2.40. The van der Waals surface area contributed by atoms with Crippen LogP contribution in [0.4, 0.5) is 0 Å². The monoisotopic (exact) mass is 308 g/mol. The highest BCUT2D eigenvalue weighted by molar-refractivity contribution is 5.79. The van der Waals surface area contributed by atoms with Gasteiger partial charge in [-0.1, -0.05) is 13.0 Å². The standard InChI is InChI=1S/C18H36N4/c1-5-8-9-13-21(4)18(19-7-3)20-16-17-10-14-22(12-6-2)15-11-17/h5,17H,1,6-16H2,2-4H3,(H,19,20). The normalized spacial score (nSPS) is 17.5. The van der Waals surface area contributed by atoms with Gasteiger partial charge < -0.3 is 15.1 Å². The summed E-state index contributed by atoms with van der Waals surface area (Å²) >= 11 is 0. The second-order valence-electron chi connectivity index (χ2n) is 6.33. The molecule has 0 aromatic carbocycles. The van der Waals surface area contributed by atoms with Gasteiger partial charge in [-0.05, 0) is 64.6 Å². The summed E-state index contributed by atoms with van der Waals surface area (Å²) in [4.78, 5) is 9.71. The lowest BCUT2D eigenvalue weighted by molar-refractivity contribution is 0.188. The molecule has 1 saturated heterocycles. The summed E-state index contributed by atoms with van der Waals surface area (Å²) in [5, 5.41) is 3.42. The molecule has 0 unspecified atom stereocenters. The summed E-state index contributed by atoms with van der Waals surface area (Å²) in [6.45, 7) is 14.9. The van der Waals surface area contributed by atoms with Crippen molar-refractivity contribution in [2.24, 2.45) is 10.9 Å². The van der Waals surface area contributed by atoms with E-state index in [9.17, 15) is 0 Å². The quantitative estimate of drug-likeness (QED) is 0.307. The van der Waals surface area contributed by atoms with E-state index in [1.165, 1.54) is 38.9 Å². The van der Waals surface area contributed by atoms with Crippen molar-refractivity contribution in [3.05, 3.63) is 12.7 Å². The zero-order valence-corrected chi connectivity index (χ0v) is 15.0. The second-order valence-corrected chi connectivity index (χ2v) is 6.33. The van der Waals surface area contributed by atoms with E-state index in [0.29, 0.717) is 0 Å². The van der Waals surface area contributed by atoms with E-state index in [2.05, 4.69) is 42.6 Å². The number of hydrogen-bond donors (Lipinski definition) is 1. The van der Waals surface area contributed by atoms with Gasteiger partial charge in [-0.2, -0.15) is 0 Å². The molecule has 0 radical (unpaired) electrons. The van der Waals surface area contributed by atoms with Crippen LogP contribution in [0.5, 0.6) is 0 Å². The van der Waals surface area contributed by atoms with Crippen molar-refractivity contribution in [1.29, 1.82) is 0 Å². The summed E-state index contributed by atoms with van der Waals surface area (Å²) in [5.74, 6) is 1.81. The predicted molar refractivity (Wildman–Crippen MR) is 97.5 cm³/mol. The van der Waals surface area contributed by atoms with Crippen LogP contribution >= 0.6 is 0 Å². The molecule has 1 aliphatic rings. The van der Waals surface area contributed by atoms with Crippen molar-refractivity contribution < 1.29 is 0 Å². The van der Waals surface area contributed by atoms with Crippen molar-refractivity contribution in [2.75, 3.05) is 46.3 Å². The topological polar surface area (TPSA) is 30.9 Å². The molecular formula is C18H36N4. The Balaban J connectivity index is 2.40. The SMILES string of the molecule is C=CCCCN(C)C(=NCC1CCN(CCC)CC1)NCC. The number of unbranched alkanes of at least 4 members (excludes halogenated alkanes) is 1. The van der Waals surface area contributed by atoms with E-state index in [-0.39, 0.29) is 0 Å². The fraction of sp³-hybridized carbons (Fsp3) is 0.833. The number of allylic oxidation sites excluding steroid dienone is 1. The lowest BCUT2D eigenvalue weighted by atomic mass is 9.97. The molecule has 1 rings (SSSR count). The van der Waals surface area contributed by atoms with Crippen LogP contribution in [0.1, 0.15) is 46.0 Å². The summed E-state index contributed by atoms with van der Waals surface area (Å²) in [5.41, 5.74) is 0. The van der Waals surface area contributed by atoms with Gasteiger partial charge >= 0.3 is 0 Å². The molecule has 0 spiro atoms. The lowest BCUT2D eigenvalue weighted by Gasteiger charge is -2.31. The maximum atomic E-state index is 4.87. The Morgan fingerprint density at radius 1 is 1.36 bits per heavy atom. The molecule has 0 atom stereocenters. The highest BCUT2D eigenvalue weighted by Gasteiger charge is 2.18. The molecule has 128 valence electrons. The zero-order valence-electron chi connectivity index (χ0n) is 15.0. The fourth-order valence-corrected chi connectivity index (χ4v) is 2.97. The van der Waals surface area contributed by atoms with E-state index in [1.54, 1.807) is 0 Å². The molecule has 1 fully saturated rings. The number of aliphatic imine (C=N–C) groups is 1. The summed E-state index contributed by atoms with van der Waals surface area (Å²) in [6.07, 6.45) is 8.05. The summed E-state index contributed by atoms with van der Waals surface area (Å²) < 4.78 is 0. The van der Waals surface area contributed by atoms with Gasteiger partial charge in [0.15, 0.2) is 5.96 Å². The van der Waals surface area contributed by atoms with Crippen molar-refractivity contribution in [2.45, 2.75) is 46.0 Å². The maximum absolute atomic E-state index is 4.87. The molecule has 0 aromatic rings. The zero-order chi connectivity index (χ0) is 16.2. The Morgan fingerprint density at radius 2 is 2.09 bits per heavy atom. The molecule has 0 aliphatic carbocycles. The van der Waals surface area contributed by atoms with Crippen molar-refractivity contribution >= 4 is 5.96 Å². The van der Waals surface area contributed by atoms with E-state index < -0.39 is 0 Å². The molecule has 1 heterocycles. The highest BCUT2D eigenvalue weighted by Crippen LogP contribution is 2.17. The molecule has 4 heteroatoms. The van der Waals surface area contributed by atoms with Crippen LogP contribution in [-0.2, 0) is 0 Å². The van der Waals surface area contributed by atoms with Crippen LogP contribution in [0.15, 0.2) is 17.6 Å². The van der Waals surface area contributed by atoms with E-state index in [1.807, 2.05) is 6.08 Å². The van der Waals surface area contributed by atoms with E-state index >= 15 is 0 Å².